The van der Waals surface area contributed by atoms with Crippen LogP contribution >= 0.6 is 0 Å². The van der Waals surface area contributed by atoms with Gasteiger partial charge in [-0.15, -0.1) is 0 Å². The molecule has 0 radical (unpaired) electrons. The standard InChI is InChI=1S/C13H15N3O2/c14-9-6-12-11(16-13(17)18-12)7-10(9)15-8-4-2-1-3-5-8/h1-2,6-8,15H,3-5,14H2,(H,16,17). The van der Waals surface area contributed by atoms with Crippen molar-refractivity contribution in [3.05, 3.63) is 34.8 Å². The molecule has 1 aromatic heterocycles. The fraction of sp³-hybridized carbons (Fsp3) is 0.308. The highest BCUT2D eigenvalue weighted by Crippen LogP contribution is 2.26. The molecule has 0 aliphatic heterocycles. The lowest BCUT2D eigenvalue weighted by molar-refractivity contribution is 0.555. The van der Waals surface area contributed by atoms with E-state index >= 15 is 0 Å². The zero-order valence-electron chi connectivity index (χ0n) is 9.90. The summed E-state index contributed by atoms with van der Waals surface area (Å²) in [5.74, 6) is -0.456. The zero-order chi connectivity index (χ0) is 12.5. The summed E-state index contributed by atoms with van der Waals surface area (Å²) >= 11 is 0. The number of rotatable bonds is 2. The molecule has 0 saturated heterocycles. The van der Waals surface area contributed by atoms with Crippen LogP contribution in [0, 0.1) is 0 Å². The van der Waals surface area contributed by atoms with Gasteiger partial charge in [0.15, 0.2) is 5.58 Å². The number of hydrogen-bond acceptors (Lipinski definition) is 4. The molecular weight excluding hydrogens is 230 g/mol. The van der Waals surface area contributed by atoms with Crippen molar-refractivity contribution in [1.29, 1.82) is 0 Å². The third kappa shape index (κ3) is 1.99. The first-order chi connectivity index (χ1) is 8.72. The second-order valence-electron chi connectivity index (χ2n) is 4.58. The van der Waals surface area contributed by atoms with E-state index in [1.54, 1.807) is 6.07 Å². The summed E-state index contributed by atoms with van der Waals surface area (Å²) in [7, 11) is 0. The van der Waals surface area contributed by atoms with Crippen molar-refractivity contribution in [2.45, 2.75) is 25.3 Å². The van der Waals surface area contributed by atoms with Crippen LogP contribution in [0.15, 0.2) is 33.5 Å². The molecule has 5 nitrogen and oxygen atoms in total. The maximum Gasteiger partial charge on any atom is 0.417 e. The van der Waals surface area contributed by atoms with E-state index in [1.165, 1.54) is 0 Å². The molecule has 0 bridgehead atoms. The summed E-state index contributed by atoms with van der Waals surface area (Å²) in [5, 5.41) is 3.41. The van der Waals surface area contributed by atoms with Crippen molar-refractivity contribution in [1.82, 2.24) is 4.98 Å². The number of nitrogens with one attached hydrogen (secondary N) is 2. The number of nitrogen functional groups attached to an aromatic ring is 1. The highest BCUT2D eigenvalue weighted by Gasteiger charge is 2.12. The van der Waals surface area contributed by atoms with Gasteiger partial charge in [0, 0.05) is 12.1 Å². The normalized spacial score (nSPS) is 19.2. The number of hydrogen-bond donors (Lipinski definition) is 3. The summed E-state index contributed by atoms with van der Waals surface area (Å²) in [6, 6.07) is 3.90. The zero-order valence-corrected chi connectivity index (χ0v) is 9.90. The van der Waals surface area contributed by atoms with Crippen LogP contribution in [-0.4, -0.2) is 11.0 Å². The molecule has 1 aromatic carbocycles. The van der Waals surface area contributed by atoms with E-state index in [2.05, 4.69) is 22.5 Å². The molecule has 0 saturated carbocycles. The Labute approximate surface area is 104 Å². The molecule has 0 fully saturated rings. The summed E-state index contributed by atoms with van der Waals surface area (Å²) in [6.07, 6.45) is 7.55. The minimum absolute atomic E-state index is 0.397. The maximum absolute atomic E-state index is 11.1. The monoisotopic (exact) mass is 245 g/mol. The van der Waals surface area contributed by atoms with Gasteiger partial charge in [-0.05, 0) is 25.3 Å². The average molecular weight is 245 g/mol. The van der Waals surface area contributed by atoms with Crippen molar-refractivity contribution in [3.63, 3.8) is 0 Å². The van der Waals surface area contributed by atoms with Crippen LogP contribution < -0.4 is 16.8 Å². The Kier molecular flexibility index (Phi) is 2.59. The molecule has 1 atom stereocenters. The Bertz CT molecular complexity index is 654. The lowest BCUT2D eigenvalue weighted by Gasteiger charge is -2.21. The third-order valence-corrected chi connectivity index (χ3v) is 3.22. The second-order valence-corrected chi connectivity index (χ2v) is 4.58. The number of aromatic nitrogens is 1. The topological polar surface area (TPSA) is 84.0 Å². The number of benzene rings is 1. The molecule has 0 amide bonds. The minimum atomic E-state index is -0.456. The highest BCUT2D eigenvalue weighted by atomic mass is 16.4. The van der Waals surface area contributed by atoms with Gasteiger partial charge in [0.1, 0.15) is 0 Å². The molecule has 5 heteroatoms. The number of oxazole rings is 1. The first-order valence-electron chi connectivity index (χ1n) is 6.06. The molecule has 1 unspecified atom stereocenters. The summed E-state index contributed by atoms with van der Waals surface area (Å²) in [5.41, 5.74) is 8.56. The SMILES string of the molecule is Nc1cc2oc(=O)[nH]c2cc1NC1CC=CCC1. The van der Waals surface area contributed by atoms with Crippen LogP contribution in [0.25, 0.3) is 11.1 Å². The second kappa shape index (κ2) is 4.25. The largest absolute Gasteiger partial charge is 0.417 e. The fourth-order valence-electron chi connectivity index (χ4n) is 2.28. The van der Waals surface area contributed by atoms with E-state index in [-0.39, 0.29) is 0 Å². The van der Waals surface area contributed by atoms with Crippen molar-refractivity contribution in [2.75, 3.05) is 11.1 Å². The predicted octanol–water partition coefficient (Wildman–Crippen LogP) is 2.22. The molecule has 4 N–H and O–H groups in total. The third-order valence-electron chi connectivity index (χ3n) is 3.22. The molecule has 18 heavy (non-hydrogen) atoms. The van der Waals surface area contributed by atoms with Gasteiger partial charge in [-0.2, -0.15) is 0 Å². The highest BCUT2D eigenvalue weighted by molar-refractivity contribution is 5.85. The summed E-state index contributed by atoms with van der Waals surface area (Å²) in [6.45, 7) is 0. The molecule has 1 aliphatic rings. The van der Waals surface area contributed by atoms with Gasteiger partial charge in [-0.3, -0.25) is 4.98 Å². The van der Waals surface area contributed by atoms with E-state index in [0.29, 0.717) is 22.8 Å². The number of allylic oxidation sites excluding steroid dienone is 1. The lowest BCUT2D eigenvalue weighted by atomic mass is 10.0. The predicted molar refractivity (Wildman–Crippen MR) is 71.6 cm³/mol. The van der Waals surface area contributed by atoms with E-state index in [4.69, 9.17) is 10.2 Å². The molecule has 0 spiro atoms. The van der Waals surface area contributed by atoms with Gasteiger partial charge < -0.3 is 15.5 Å². The number of H-pyrrole nitrogens is 1. The minimum Gasteiger partial charge on any atom is -0.408 e. The maximum atomic E-state index is 11.1. The van der Waals surface area contributed by atoms with Gasteiger partial charge in [0.25, 0.3) is 0 Å². The van der Waals surface area contributed by atoms with E-state index < -0.39 is 5.76 Å². The molecule has 1 heterocycles. The van der Waals surface area contributed by atoms with Gasteiger partial charge in [0.2, 0.25) is 0 Å². The van der Waals surface area contributed by atoms with E-state index in [9.17, 15) is 4.79 Å². The Morgan fingerprint density at radius 3 is 3.06 bits per heavy atom. The molecular formula is C13H15N3O2. The molecule has 1 aliphatic carbocycles. The van der Waals surface area contributed by atoms with E-state index in [0.717, 1.165) is 24.9 Å². The Morgan fingerprint density at radius 1 is 1.39 bits per heavy atom. The van der Waals surface area contributed by atoms with Crippen LogP contribution in [0.2, 0.25) is 0 Å². The number of anilines is 2. The molecule has 94 valence electrons. The van der Waals surface area contributed by atoms with Crippen molar-refractivity contribution < 1.29 is 4.42 Å². The number of fused-ring (bicyclic) bond motifs is 1. The summed E-state index contributed by atoms with van der Waals surface area (Å²) < 4.78 is 4.96. The number of nitrogens with two attached hydrogens (primary N) is 1. The van der Waals surface area contributed by atoms with Crippen LogP contribution in [0.5, 0.6) is 0 Å². The first kappa shape index (κ1) is 11.0. The van der Waals surface area contributed by atoms with Crippen LogP contribution in [-0.2, 0) is 0 Å². The van der Waals surface area contributed by atoms with Crippen LogP contribution in [0.3, 0.4) is 0 Å². The van der Waals surface area contributed by atoms with Crippen molar-refractivity contribution in [3.8, 4) is 0 Å². The smallest absolute Gasteiger partial charge is 0.408 e. The van der Waals surface area contributed by atoms with E-state index in [1.807, 2.05) is 6.07 Å². The van der Waals surface area contributed by atoms with Gasteiger partial charge >= 0.3 is 5.76 Å². The Hall–Kier alpha value is -2.17. The van der Waals surface area contributed by atoms with Crippen LogP contribution in [0.4, 0.5) is 11.4 Å². The van der Waals surface area contributed by atoms with Gasteiger partial charge in [0.05, 0.1) is 16.9 Å². The van der Waals surface area contributed by atoms with Crippen molar-refractivity contribution in [2.24, 2.45) is 0 Å². The lowest BCUT2D eigenvalue weighted by Crippen LogP contribution is -2.20. The van der Waals surface area contributed by atoms with Gasteiger partial charge in [-0.1, -0.05) is 12.2 Å². The van der Waals surface area contributed by atoms with Crippen LogP contribution in [0.1, 0.15) is 19.3 Å². The molecule has 3 rings (SSSR count). The number of aromatic amines is 1. The average Bonchev–Trinajstić information content (AvgIpc) is 2.70. The first-order valence-corrected chi connectivity index (χ1v) is 6.06. The Morgan fingerprint density at radius 2 is 2.28 bits per heavy atom. The fourth-order valence-corrected chi connectivity index (χ4v) is 2.28. The summed E-state index contributed by atoms with van der Waals surface area (Å²) in [4.78, 5) is 13.7. The Balaban J connectivity index is 1.93. The van der Waals surface area contributed by atoms with Crippen molar-refractivity contribution >= 4 is 22.5 Å². The van der Waals surface area contributed by atoms with Gasteiger partial charge in [-0.25, -0.2) is 4.79 Å². The molecule has 2 aromatic rings. The quantitative estimate of drug-likeness (QED) is 0.559.